The number of nitro groups is 1. The summed E-state index contributed by atoms with van der Waals surface area (Å²) in [6, 6.07) is 12.8. The van der Waals surface area contributed by atoms with Gasteiger partial charge in [-0.3, -0.25) is 14.9 Å². The number of rotatable bonds is 4. The van der Waals surface area contributed by atoms with Gasteiger partial charge in [-0.05, 0) is 24.1 Å². The van der Waals surface area contributed by atoms with Gasteiger partial charge in [0.25, 0.3) is 0 Å². The normalized spacial score (nSPS) is 11.7. The third-order valence-corrected chi connectivity index (χ3v) is 4.91. The molecule has 0 saturated heterocycles. The van der Waals surface area contributed by atoms with Crippen molar-refractivity contribution in [2.75, 3.05) is 0 Å². The van der Waals surface area contributed by atoms with Crippen LogP contribution in [-0.2, 0) is 12.6 Å². The summed E-state index contributed by atoms with van der Waals surface area (Å²) in [6.07, 6.45) is -4.12. The average Bonchev–Trinajstić information content (AvgIpc) is 3.12. The van der Waals surface area contributed by atoms with Gasteiger partial charge < -0.3 is 4.98 Å². The number of hydrogen-bond donors (Lipinski definition) is 1. The lowest BCUT2D eigenvalue weighted by atomic mass is 10.0. The molecule has 0 amide bonds. The molecule has 0 atom stereocenters. The van der Waals surface area contributed by atoms with Gasteiger partial charge in [0.1, 0.15) is 11.3 Å². The number of benzene rings is 2. The minimum Gasteiger partial charge on any atom is -0.333 e. The minimum absolute atomic E-state index is 0.00110. The molecule has 0 saturated carbocycles. The molecule has 0 radical (unpaired) electrons. The van der Waals surface area contributed by atoms with Crippen LogP contribution >= 0.6 is 0 Å². The highest BCUT2D eigenvalue weighted by Gasteiger charge is 2.31. The Hall–Kier alpha value is -3.95. The molecule has 4 rings (SSSR count). The van der Waals surface area contributed by atoms with Gasteiger partial charge in [0.15, 0.2) is 0 Å². The summed E-state index contributed by atoms with van der Waals surface area (Å²) in [5, 5.41) is 15.9. The Morgan fingerprint density at radius 1 is 1.06 bits per heavy atom. The Kier molecular flexibility index (Phi) is 4.84. The summed E-state index contributed by atoms with van der Waals surface area (Å²) in [6.45, 7) is 1.77. The molecule has 2 heterocycles. The van der Waals surface area contributed by atoms with Crippen molar-refractivity contribution < 1.29 is 18.1 Å². The fourth-order valence-electron chi connectivity index (χ4n) is 3.47. The van der Waals surface area contributed by atoms with E-state index in [1.165, 1.54) is 12.1 Å². The summed E-state index contributed by atoms with van der Waals surface area (Å²) in [5.74, 6) is 0. The van der Waals surface area contributed by atoms with Gasteiger partial charge in [-0.2, -0.15) is 22.8 Å². The largest absolute Gasteiger partial charge is 0.416 e. The fourth-order valence-corrected chi connectivity index (χ4v) is 3.47. The second kappa shape index (κ2) is 7.38. The van der Waals surface area contributed by atoms with Crippen molar-refractivity contribution in [3.63, 3.8) is 0 Å². The number of hydrogen-bond acceptors (Lipinski definition) is 4. The van der Waals surface area contributed by atoms with E-state index in [0.29, 0.717) is 28.8 Å². The van der Waals surface area contributed by atoms with Gasteiger partial charge in [0.05, 0.1) is 16.2 Å². The molecule has 10 heteroatoms. The quantitative estimate of drug-likeness (QED) is 0.372. The predicted octanol–water partition coefficient (Wildman–Crippen LogP) is 4.85. The molecule has 2 aromatic carbocycles. The van der Waals surface area contributed by atoms with E-state index in [4.69, 9.17) is 0 Å². The number of nitrogens with zero attached hydrogens (tertiary/aromatic N) is 3. The first-order valence-corrected chi connectivity index (χ1v) is 9.27. The van der Waals surface area contributed by atoms with E-state index in [9.17, 15) is 28.1 Å². The number of aryl methyl sites for hydroxylation is 1. The molecule has 158 valence electrons. The van der Waals surface area contributed by atoms with Crippen LogP contribution in [0.3, 0.4) is 0 Å². The van der Waals surface area contributed by atoms with Gasteiger partial charge in [-0.25, -0.2) is 0 Å². The summed E-state index contributed by atoms with van der Waals surface area (Å²) < 4.78 is 39.7. The van der Waals surface area contributed by atoms with Crippen molar-refractivity contribution in [1.82, 2.24) is 14.6 Å². The molecule has 0 fully saturated rings. The van der Waals surface area contributed by atoms with Crippen LogP contribution in [-0.4, -0.2) is 19.5 Å². The van der Waals surface area contributed by atoms with Crippen molar-refractivity contribution in [3.8, 4) is 22.4 Å². The van der Waals surface area contributed by atoms with E-state index in [1.54, 1.807) is 37.3 Å². The van der Waals surface area contributed by atoms with Crippen LogP contribution in [0.5, 0.6) is 0 Å². The lowest BCUT2D eigenvalue weighted by Crippen LogP contribution is -2.20. The van der Waals surface area contributed by atoms with Crippen LogP contribution in [0.1, 0.15) is 18.2 Å². The van der Waals surface area contributed by atoms with Crippen molar-refractivity contribution in [3.05, 3.63) is 86.3 Å². The lowest BCUT2D eigenvalue weighted by Gasteiger charge is -2.09. The van der Waals surface area contributed by atoms with Crippen molar-refractivity contribution in [2.24, 2.45) is 0 Å². The monoisotopic (exact) mass is 428 g/mol. The highest BCUT2D eigenvalue weighted by atomic mass is 19.4. The zero-order chi connectivity index (χ0) is 22.3. The summed E-state index contributed by atoms with van der Waals surface area (Å²) in [4.78, 5) is 26.8. The molecular formula is C21H15F3N4O3. The maximum atomic E-state index is 13.0. The van der Waals surface area contributed by atoms with Crippen molar-refractivity contribution in [2.45, 2.75) is 19.5 Å². The number of nitrogens with one attached hydrogen (secondary N) is 1. The summed E-state index contributed by atoms with van der Waals surface area (Å²) in [5.41, 5.74) is -0.555. The fraction of sp³-hybridized carbons (Fsp3) is 0.143. The Bertz CT molecular complexity index is 1340. The van der Waals surface area contributed by atoms with Gasteiger partial charge in [0, 0.05) is 11.1 Å². The molecule has 0 aliphatic rings. The Labute approximate surface area is 172 Å². The molecule has 0 aliphatic heterocycles. The Morgan fingerprint density at radius 3 is 2.26 bits per heavy atom. The van der Waals surface area contributed by atoms with E-state index < -0.39 is 27.9 Å². The lowest BCUT2D eigenvalue weighted by molar-refractivity contribution is -0.385. The first-order chi connectivity index (χ1) is 14.7. The highest BCUT2D eigenvalue weighted by molar-refractivity contribution is 5.83. The van der Waals surface area contributed by atoms with E-state index in [1.807, 2.05) is 0 Å². The molecular weight excluding hydrogens is 413 g/mol. The maximum absolute atomic E-state index is 13.0. The molecule has 4 aromatic rings. The third-order valence-electron chi connectivity index (χ3n) is 4.91. The molecule has 0 spiro atoms. The number of aromatic amines is 1. The van der Waals surface area contributed by atoms with Gasteiger partial charge in [0.2, 0.25) is 0 Å². The Balaban J connectivity index is 2.04. The maximum Gasteiger partial charge on any atom is 0.416 e. The summed E-state index contributed by atoms with van der Waals surface area (Å²) in [7, 11) is 0. The van der Waals surface area contributed by atoms with E-state index in [-0.39, 0.29) is 11.3 Å². The van der Waals surface area contributed by atoms with Crippen LogP contribution in [0.4, 0.5) is 18.9 Å². The van der Waals surface area contributed by atoms with Crippen LogP contribution in [0.15, 0.2) is 59.4 Å². The zero-order valence-electron chi connectivity index (χ0n) is 16.1. The predicted molar refractivity (Wildman–Crippen MR) is 108 cm³/mol. The standard InChI is InChI=1S/C21H15F3N4O3/c1-2-15-16(12-8-10-14(11-9-12)21(22,23)24)19-25-17(13-6-4-3-5-7-13)18(28(30)31)20(29)27(19)26-15/h3-11,25H,2H2,1H3. The number of fused-ring (bicyclic) bond motifs is 1. The molecule has 2 aromatic heterocycles. The van der Waals surface area contributed by atoms with Gasteiger partial charge in [-0.1, -0.05) is 49.4 Å². The van der Waals surface area contributed by atoms with Crippen molar-refractivity contribution in [1.29, 1.82) is 0 Å². The number of alkyl halides is 3. The van der Waals surface area contributed by atoms with Gasteiger partial charge >= 0.3 is 17.4 Å². The van der Waals surface area contributed by atoms with Crippen LogP contribution < -0.4 is 5.56 Å². The van der Waals surface area contributed by atoms with E-state index in [0.717, 1.165) is 16.6 Å². The first-order valence-electron chi connectivity index (χ1n) is 9.27. The first kappa shape index (κ1) is 20.3. The van der Waals surface area contributed by atoms with Crippen LogP contribution in [0.2, 0.25) is 0 Å². The number of H-pyrrole nitrogens is 1. The Morgan fingerprint density at radius 2 is 1.71 bits per heavy atom. The zero-order valence-corrected chi connectivity index (χ0v) is 16.1. The van der Waals surface area contributed by atoms with E-state index in [2.05, 4.69) is 10.1 Å². The van der Waals surface area contributed by atoms with Gasteiger partial charge in [-0.15, -0.1) is 0 Å². The average molecular weight is 428 g/mol. The smallest absolute Gasteiger partial charge is 0.333 e. The number of aromatic nitrogens is 3. The summed E-state index contributed by atoms with van der Waals surface area (Å²) >= 11 is 0. The molecule has 31 heavy (non-hydrogen) atoms. The van der Waals surface area contributed by atoms with E-state index >= 15 is 0 Å². The number of halogens is 3. The molecule has 0 aliphatic carbocycles. The van der Waals surface area contributed by atoms with Crippen LogP contribution in [0.25, 0.3) is 28.0 Å². The molecule has 1 N–H and O–H groups in total. The molecule has 0 unspecified atom stereocenters. The van der Waals surface area contributed by atoms with Crippen LogP contribution in [0, 0.1) is 10.1 Å². The molecule has 7 nitrogen and oxygen atoms in total. The topological polar surface area (TPSA) is 93.3 Å². The molecule has 0 bridgehead atoms. The second-order valence-corrected chi connectivity index (χ2v) is 6.79. The second-order valence-electron chi connectivity index (χ2n) is 6.79. The highest BCUT2D eigenvalue weighted by Crippen LogP contribution is 2.34. The minimum atomic E-state index is -4.48. The van der Waals surface area contributed by atoms with Crippen molar-refractivity contribution >= 4 is 11.3 Å². The SMILES string of the molecule is CCc1nn2c(=O)c([N+](=O)[O-])c(-c3ccccc3)[nH]c2c1-c1ccc(C(F)(F)F)cc1. The third kappa shape index (κ3) is 3.45.